The number of hydrogen-bond donors (Lipinski definition) is 1. The zero-order valence-corrected chi connectivity index (χ0v) is 12.9. The summed E-state index contributed by atoms with van der Waals surface area (Å²) in [6.45, 7) is 0.399. The molecule has 0 atom stereocenters. The first-order valence-corrected chi connectivity index (χ1v) is 7.21. The number of furan rings is 1. The zero-order valence-electron chi connectivity index (χ0n) is 11.3. The van der Waals surface area contributed by atoms with E-state index < -0.39 is 0 Å². The maximum atomic E-state index is 13.7. The van der Waals surface area contributed by atoms with E-state index in [9.17, 15) is 4.39 Å². The predicted molar refractivity (Wildman–Crippen MR) is 84.2 cm³/mol. The molecule has 0 spiro atoms. The van der Waals surface area contributed by atoms with E-state index >= 15 is 0 Å². The summed E-state index contributed by atoms with van der Waals surface area (Å²) >= 11 is 3.23. The van der Waals surface area contributed by atoms with Crippen molar-refractivity contribution in [3.63, 3.8) is 0 Å². The van der Waals surface area contributed by atoms with E-state index in [0.29, 0.717) is 28.0 Å². The van der Waals surface area contributed by atoms with Gasteiger partial charge in [0.15, 0.2) is 11.3 Å². The second-order valence-electron chi connectivity index (χ2n) is 4.57. The summed E-state index contributed by atoms with van der Waals surface area (Å²) in [5.41, 5.74) is 1.14. The number of methoxy groups -OCH3 is 1. The first-order chi connectivity index (χ1) is 10.2. The van der Waals surface area contributed by atoms with Crippen LogP contribution >= 0.6 is 15.9 Å². The first-order valence-electron chi connectivity index (χ1n) is 6.42. The number of nitrogens with one attached hydrogen (secondary N) is 1. The number of para-hydroxylation sites is 1. The van der Waals surface area contributed by atoms with Gasteiger partial charge in [-0.15, -0.1) is 0 Å². The highest BCUT2D eigenvalue weighted by Crippen LogP contribution is 2.29. The first kappa shape index (κ1) is 13.9. The molecule has 0 amide bonds. The van der Waals surface area contributed by atoms with Gasteiger partial charge in [0, 0.05) is 9.86 Å². The fourth-order valence-corrected chi connectivity index (χ4v) is 2.49. The Labute approximate surface area is 129 Å². The Balaban J connectivity index is 1.82. The molecule has 1 N–H and O–H groups in total. The lowest BCUT2D eigenvalue weighted by molar-refractivity contribution is 0.408. The van der Waals surface area contributed by atoms with Crippen LogP contribution in [0.5, 0.6) is 5.75 Å². The largest absolute Gasteiger partial charge is 0.493 e. The average Bonchev–Trinajstić information content (AvgIpc) is 2.89. The van der Waals surface area contributed by atoms with Crippen molar-refractivity contribution in [1.29, 1.82) is 0 Å². The van der Waals surface area contributed by atoms with E-state index in [0.717, 1.165) is 11.1 Å². The third kappa shape index (κ3) is 2.88. The molecule has 0 saturated carbocycles. The van der Waals surface area contributed by atoms with Gasteiger partial charge >= 0.3 is 0 Å². The number of anilines is 1. The lowest BCUT2D eigenvalue weighted by Crippen LogP contribution is -2.00. The van der Waals surface area contributed by atoms with Crippen molar-refractivity contribution >= 4 is 32.6 Å². The van der Waals surface area contributed by atoms with Crippen molar-refractivity contribution in [3.05, 3.63) is 58.5 Å². The molecule has 21 heavy (non-hydrogen) atoms. The maximum absolute atomic E-state index is 13.7. The highest BCUT2D eigenvalue weighted by molar-refractivity contribution is 9.10. The molecular formula is C16H13BrFNO2. The molecule has 0 unspecified atom stereocenters. The smallest absolute Gasteiger partial charge is 0.176 e. The molecule has 108 valence electrons. The summed E-state index contributed by atoms with van der Waals surface area (Å²) in [7, 11) is 1.60. The highest BCUT2D eigenvalue weighted by atomic mass is 79.9. The molecule has 3 aromatic rings. The molecule has 1 heterocycles. The maximum Gasteiger partial charge on any atom is 0.176 e. The van der Waals surface area contributed by atoms with Gasteiger partial charge in [-0.2, -0.15) is 0 Å². The molecule has 0 radical (unpaired) electrons. The van der Waals surface area contributed by atoms with Crippen molar-refractivity contribution in [1.82, 2.24) is 0 Å². The number of halogens is 2. The minimum absolute atomic E-state index is 0.307. The van der Waals surface area contributed by atoms with Crippen LogP contribution in [0.1, 0.15) is 5.76 Å². The van der Waals surface area contributed by atoms with Crippen LogP contribution in [0.4, 0.5) is 10.1 Å². The van der Waals surface area contributed by atoms with Crippen molar-refractivity contribution in [2.45, 2.75) is 6.54 Å². The molecule has 0 aliphatic carbocycles. The Morgan fingerprint density at radius 3 is 2.86 bits per heavy atom. The molecule has 0 bridgehead atoms. The van der Waals surface area contributed by atoms with Crippen LogP contribution in [0.15, 0.2) is 51.4 Å². The standard InChI is InChI=1S/C16H13BrFNO2/c1-20-15-4-2-3-10-7-12(21-16(10)15)9-19-14-6-5-11(17)8-13(14)18/h2-8,19H,9H2,1H3. The lowest BCUT2D eigenvalue weighted by Gasteiger charge is -2.05. The summed E-state index contributed by atoms with van der Waals surface area (Å²) in [4.78, 5) is 0. The van der Waals surface area contributed by atoms with Gasteiger partial charge in [-0.3, -0.25) is 0 Å². The third-order valence-corrected chi connectivity index (χ3v) is 3.66. The van der Waals surface area contributed by atoms with E-state index in [-0.39, 0.29) is 5.82 Å². The van der Waals surface area contributed by atoms with Gasteiger partial charge in [-0.25, -0.2) is 4.39 Å². The van der Waals surface area contributed by atoms with E-state index in [1.807, 2.05) is 24.3 Å². The second-order valence-corrected chi connectivity index (χ2v) is 5.48. The molecular weight excluding hydrogens is 337 g/mol. The van der Waals surface area contributed by atoms with Crippen molar-refractivity contribution in [3.8, 4) is 5.75 Å². The fourth-order valence-electron chi connectivity index (χ4n) is 2.15. The van der Waals surface area contributed by atoms with Crippen molar-refractivity contribution < 1.29 is 13.5 Å². The molecule has 3 rings (SSSR count). The Bertz CT molecular complexity index is 785. The van der Waals surface area contributed by atoms with Crippen LogP contribution in [-0.4, -0.2) is 7.11 Å². The van der Waals surface area contributed by atoms with Crippen molar-refractivity contribution in [2.75, 3.05) is 12.4 Å². The molecule has 0 fully saturated rings. The Hall–Kier alpha value is -2.01. The Morgan fingerprint density at radius 2 is 2.10 bits per heavy atom. The summed E-state index contributed by atoms with van der Waals surface area (Å²) in [6, 6.07) is 12.5. The Morgan fingerprint density at radius 1 is 1.24 bits per heavy atom. The summed E-state index contributed by atoms with van der Waals surface area (Å²) in [5, 5.41) is 3.99. The molecule has 0 aliphatic rings. The quantitative estimate of drug-likeness (QED) is 0.723. The van der Waals surface area contributed by atoms with E-state index in [4.69, 9.17) is 9.15 Å². The zero-order chi connectivity index (χ0) is 14.8. The van der Waals surface area contributed by atoms with Gasteiger partial charge in [-0.05, 0) is 30.3 Å². The lowest BCUT2D eigenvalue weighted by atomic mass is 10.2. The van der Waals surface area contributed by atoms with E-state index in [1.165, 1.54) is 6.07 Å². The normalized spacial score (nSPS) is 10.8. The van der Waals surface area contributed by atoms with Gasteiger partial charge in [0.25, 0.3) is 0 Å². The van der Waals surface area contributed by atoms with Gasteiger partial charge < -0.3 is 14.5 Å². The van der Waals surface area contributed by atoms with Crippen LogP contribution in [0.2, 0.25) is 0 Å². The number of rotatable bonds is 4. The number of fused-ring (bicyclic) bond motifs is 1. The minimum atomic E-state index is -0.307. The minimum Gasteiger partial charge on any atom is -0.493 e. The Kier molecular flexibility index (Phi) is 3.84. The van der Waals surface area contributed by atoms with E-state index in [1.54, 1.807) is 19.2 Å². The van der Waals surface area contributed by atoms with Crippen LogP contribution < -0.4 is 10.1 Å². The highest BCUT2D eigenvalue weighted by Gasteiger charge is 2.09. The molecule has 1 aromatic heterocycles. The van der Waals surface area contributed by atoms with Crippen LogP contribution in [0, 0.1) is 5.82 Å². The van der Waals surface area contributed by atoms with Gasteiger partial charge in [0.2, 0.25) is 0 Å². The SMILES string of the molecule is COc1cccc2cc(CNc3ccc(Br)cc3F)oc12. The third-order valence-electron chi connectivity index (χ3n) is 3.16. The fraction of sp³-hybridized carbons (Fsp3) is 0.125. The molecule has 2 aromatic carbocycles. The molecule has 0 saturated heterocycles. The van der Waals surface area contributed by atoms with Crippen LogP contribution in [0.25, 0.3) is 11.0 Å². The summed E-state index contributed by atoms with van der Waals surface area (Å²) in [5.74, 6) is 1.10. The second kappa shape index (κ2) is 5.77. The topological polar surface area (TPSA) is 34.4 Å². The van der Waals surface area contributed by atoms with Crippen LogP contribution in [0.3, 0.4) is 0 Å². The summed E-state index contributed by atoms with van der Waals surface area (Å²) in [6.07, 6.45) is 0. The molecule has 3 nitrogen and oxygen atoms in total. The number of ether oxygens (including phenoxy) is 1. The monoisotopic (exact) mass is 349 g/mol. The average molecular weight is 350 g/mol. The molecule has 0 aliphatic heterocycles. The van der Waals surface area contributed by atoms with E-state index in [2.05, 4.69) is 21.2 Å². The molecule has 5 heteroatoms. The van der Waals surface area contributed by atoms with Crippen molar-refractivity contribution in [2.24, 2.45) is 0 Å². The predicted octanol–water partition coefficient (Wildman–Crippen LogP) is 4.96. The summed E-state index contributed by atoms with van der Waals surface area (Å²) < 4.78 is 25.5. The van der Waals surface area contributed by atoms with Gasteiger partial charge in [-0.1, -0.05) is 28.1 Å². The number of benzene rings is 2. The van der Waals surface area contributed by atoms with Gasteiger partial charge in [0.05, 0.1) is 19.3 Å². The number of hydrogen-bond acceptors (Lipinski definition) is 3. The van der Waals surface area contributed by atoms with Gasteiger partial charge in [0.1, 0.15) is 11.6 Å². The van der Waals surface area contributed by atoms with Crippen LogP contribution in [-0.2, 0) is 6.54 Å².